The summed E-state index contributed by atoms with van der Waals surface area (Å²) in [6.07, 6.45) is 8.94. The number of carbonyl (C=O) groups is 1. The number of unbranched alkanes of at least 4 members (excludes halogenated alkanes) is 1. The number of piperidine rings is 1. The highest BCUT2D eigenvalue weighted by Gasteiger charge is 2.42. The first-order valence-corrected chi connectivity index (χ1v) is 10.8. The molecule has 3 rings (SSSR count). The topological polar surface area (TPSA) is 79.5 Å². The van der Waals surface area contributed by atoms with E-state index >= 15 is 0 Å². The van der Waals surface area contributed by atoms with Crippen molar-refractivity contribution in [2.24, 2.45) is 11.7 Å². The van der Waals surface area contributed by atoms with Crippen LogP contribution < -0.4 is 5.73 Å². The first kappa shape index (κ1) is 21.5. The van der Waals surface area contributed by atoms with Crippen LogP contribution >= 0.6 is 0 Å². The van der Waals surface area contributed by atoms with Crippen LogP contribution in [0.4, 0.5) is 0 Å². The third-order valence-corrected chi connectivity index (χ3v) is 6.29. The lowest BCUT2D eigenvalue weighted by molar-refractivity contribution is -0.147. The summed E-state index contributed by atoms with van der Waals surface area (Å²) in [6, 6.07) is 12.5. The second-order valence-electron chi connectivity index (χ2n) is 8.25. The van der Waals surface area contributed by atoms with Gasteiger partial charge in [-0.05, 0) is 55.5 Å². The molecule has 1 saturated heterocycles. The van der Waals surface area contributed by atoms with E-state index in [2.05, 4.69) is 48.1 Å². The number of hydrogen-bond acceptors (Lipinski definition) is 4. The van der Waals surface area contributed by atoms with E-state index in [9.17, 15) is 9.90 Å². The van der Waals surface area contributed by atoms with Crippen molar-refractivity contribution in [3.63, 3.8) is 0 Å². The van der Waals surface area contributed by atoms with Gasteiger partial charge < -0.3 is 10.8 Å². The molecule has 6 heteroatoms. The fraction of sp³-hybridized carbons (Fsp3) is 0.478. The summed E-state index contributed by atoms with van der Waals surface area (Å²) in [5.74, 6) is -0.796. The smallest absolute Gasteiger partial charge is 0.323 e. The Morgan fingerprint density at radius 1 is 1.21 bits per heavy atom. The number of aromatic nitrogens is 1. The molecule has 2 heterocycles. The SMILES string of the molecule is BCCCCC(N)(C(=O)O)C1CCN(Cc2ccccc2-c2cccnc2)CC1. The van der Waals surface area contributed by atoms with E-state index < -0.39 is 11.5 Å². The maximum atomic E-state index is 11.9. The Bertz CT molecular complexity index is 794. The first-order valence-electron chi connectivity index (χ1n) is 10.8. The summed E-state index contributed by atoms with van der Waals surface area (Å²) < 4.78 is 0. The highest BCUT2D eigenvalue weighted by molar-refractivity contribution is 6.08. The summed E-state index contributed by atoms with van der Waals surface area (Å²) in [7, 11) is 2.13. The Balaban J connectivity index is 1.64. The molecule has 1 aliphatic heterocycles. The summed E-state index contributed by atoms with van der Waals surface area (Å²) in [5, 5.41) is 9.80. The Hall–Kier alpha value is -2.18. The van der Waals surface area contributed by atoms with Gasteiger partial charge in [-0.15, -0.1) is 0 Å². The highest BCUT2D eigenvalue weighted by Crippen LogP contribution is 2.32. The lowest BCUT2D eigenvalue weighted by Crippen LogP contribution is -2.56. The van der Waals surface area contributed by atoms with Gasteiger partial charge in [-0.1, -0.05) is 49.5 Å². The van der Waals surface area contributed by atoms with Gasteiger partial charge >= 0.3 is 5.97 Å². The number of carboxylic acid groups (broad SMARTS) is 1. The molecule has 5 nitrogen and oxygen atoms in total. The molecule has 29 heavy (non-hydrogen) atoms. The van der Waals surface area contributed by atoms with Gasteiger partial charge in [0.05, 0.1) is 0 Å². The van der Waals surface area contributed by atoms with Gasteiger partial charge in [0.25, 0.3) is 0 Å². The van der Waals surface area contributed by atoms with Crippen LogP contribution in [0.25, 0.3) is 11.1 Å². The minimum atomic E-state index is -1.09. The Kier molecular flexibility index (Phi) is 7.45. The lowest BCUT2D eigenvalue weighted by atomic mass is 9.75. The number of pyridine rings is 1. The molecule has 2 aromatic rings. The lowest BCUT2D eigenvalue weighted by Gasteiger charge is -2.40. The van der Waals surface area contributed by atoms with E-state index in [4.69, 9.17) is 5.73 Å². The molecule has 0 amide bonds. The fourth-order valence-electron chi connectivity index (χ4n) is 4.46. The van der Waals surface area contributed by atoms with Crippen LogP contribution in [0.1, 0.15) is 37.7 Å². The van der Waals surface area contributed by atoms with Crippen molar-refractivity contribution >= 4 is 13.8 Å². The van der Waals surface area contributed by atoms with E-state index in [1.54, 1.807) is 6.20 Å². The van der Waals surface area contributed by atoms with E-state index in [0.29, 0.717) is 6.42 Å². The number of nitrogens with two attached hydrogens (primary N) is 1. The van der Waals surface area contributed by atoms with Crippen molar-refractivity contribution in [1.29, 1.82) is 0 Å². The van der Waals surface area contributed by atoms with E-state index in [1.165, 1.54) is 11.1 Å². The molecule has 3 N–H and O–H groups in total. The maximum Gasteiger partial charge on any atom is 0.323 e. The summed E-state index contributed by atoms with van der Waals surface area (Å²) >= 11 is 0. The predicted molar refractivity (Wildman–Crippen MR) is 119 cm³/mol. The number of hydrogen-bond donors (Lipinski definition) is 2. The van der Waals surface area contributed by atoms with Crippen molar-refractivity contribution < 1.29 is 9.90 Å². The van der Waals surface area contributed by atoms with E-state index in [0.717, 1.165) is 57.2 Å². The molecule has 0 bridgehead atoms. The van der Waals surface area contributed by atoms with Crippen LogP contribution in [0.15, 0.2) is 48.8 Å². The standard InChI is InChI=1S/C23H32BN3O2/c24-12-4-3-11-23(25,22(28)29)20-9-14-27(15-10-20)17-19-6-1-2-8-21(19)18-7-5-13-26-16-18/h1-2,5-8,13,16,20H,3-4,9-12,14-15,17,24-25H2,(H,28,29). The molecular formula is C23H32BN3O2. The third kappa shape index (κ3) is 5.25. The molecule has 1 atom stereocenters. The second-order valence-corrected chi connectivity index (χ2v) is 8.25. The first-order chi connectivity index (χ1) is 14.0. The predicted octanol–water partition coefficient (Wildman–Crippen LogP) is 2.96. The van der Waals surface area contributed by atoms with Gasteiger partial charge in [-0.25, -0.2) is 0 Å². The number of carboxylic acids is 1. The maximum absolute atomic E-state index is 11.9. The molecule has 0 spiro atoms. The van der Waals surface area contributed by atoms with E-state index in [1.807, 2.05) is 12.3 Å². The van der Waals surface area contributed by atoms with Crippen molar-refractivity contribution in [2.75, 3.05) is 13.1 Å². The van der Waals surface area contributed by atoms with Crippen LogP contribution in [0.2, 0.25) is 6.32 Å². The fourth-order valence-corrected chi connectivity index (χ4v) is 4.46. The zero-order valence-corrected chi connectivity index (χ0v) is 17.4. The molecular weight excluding hydrogens is 361 g/mol. The van der Waals surface area contributed by atoms with Crippen molar-refractivity contribution in [1.82, 2.24) is 9.88 Å². The Labute approximate surface area is 174 Å². The minimum Gasteiger partial charge on any atom is -0.480 e. The normalized spacial score (nSPS) is 17.7. The van der Waals surface area contributed by atoms with Crippen LogP contribution in [0.5, 0.6) is 0 Å². The van der Waals surface area contributed by atoms with Gasteiger partial charge in [0.2, 0.25) is 0 Å². The van der Waals surface area contributed by atoms with Gasteiger partial charge in [0, 0.05) is 24.5 Å². The average Bonchev–Trinajstić information content (AvgIpc) is 2.75. The van der Waals surface area contributed by atoms with Crippen LogP contribution in [-0.4, -0.2) is 47.4 Å². The van der Waals surface area contributed by atoms with Crippen LogP contribution in [0.3, 0.4) is 0 Å². The van der Waals surface area contributed by atoms with Crippen molar-refractivity contribution in [3.8, 4) is 11.1 Å². The molecule has 0 aliphatic carbocycles. The van der Waals surface area contributed by atoms with Gasteiger partial charge in [0.1, 0.15) is 13.4 Å². The molecule has 1 aromatic carbocycles. The number of aliphatic carboxylic acids is 1. The minimum absolute atomic E-state index is 0.0432. The quantitative estimate of drug-likeness (QED) is 0.506. The highest BCUT2D eigenvalue weighted by atomic mass is 16.4. The molecule has 0 saturated carbocycles. The van der Waals surface area contributed by atoms with Crippen LogP contribution in [0, 0.1) is 5.92 Å². The monoisotopic (exact) mass is 393 g/mol. The molecule has 1 aromatic heterocycles. The number of likely N-dealkylation sites (tertiary alicyclic amines) is 1. The Morgan fingerprint density at radius 3 is 2.62 bits per heavy atom. The zero-order valence-electron chi connectivity index (χ0n) is 17.4. The number of nitrogens with zero attached hydrogens (tertiary/aromatic N) is 2. The summed E-state index contributed by atoms with van der Waals surface area (Å²) in [6.45, 7) is 2.62. The zero-order chi connectivity index (χ0) is 20.7. The number of benzene rings is 1. The van der Waals surface area contributed by atoms with Crippen LogP contribution in [-0.2, 0) is 11.3 Å². The Morgan fingerprint density at radius 2 is 1.97 bits per heavy atom. The van der Waals surface area contributed by atoms with Gasteiger partial charge in [-0.3, -0.25) is 14.7 Å². The van der Waals surface area contributed by atoms with Crippen molar-refractivity contribution in [2.45, 2.75) is 50.5 Å². The van der Waals surface area contributed by atoms with Crippen molar-refractivity contribution in [3.05, 3.63) is 54.4 Å². The average molecular weight is 393 g/mol. The van der Waals surface area contributed by atoms with E-state index in [-0.39, 0.29) is 5.92 Å². The number of rotatable bonds is 9. The summed E-state index contributed by atoms with van der Waals surface area (Å²) in [5.41, 5.74) is 8.95. The molecule has 1 unspecified atom stereocenters. The summed E-state index contributed by atoms with van der Waals surface area (Å²) in [4.78, 5) is 18.6. The van der Waals surface area contributed by atoms with Gasteiger partial charge in [0.15, 0.2) is 0 Å². The molecule has 1 fully saturated rings. The largest absolute Gasteiger partial charge is 0.480 e. The molecule has 1 aliphatic rings. The third-order valence-electron chi connectivity index (χ3n) is 6.29. The molecule has 0 radical (unpaired) electrons. The van der Waals surface area contributed by atoms with Gasteiger partial charge in [-0.2, -0.15) is 0 Å². The molecule has 154 valence electrons. The second kappa shape index (κ2) is 10.0.